The van der Waals surface area contributed by atoms with Crippen molar-refractivity contribution in [1.82, 2.24) is 9.47 Å². The van der Waals surface area contributed by atoms with Gasteiger partial charge in [0.15, 0.2) is 0 Å². The predicted octanol–water partition coefficient (Wildman–Crippen LogP) is 4.83. The van der Waals surface area contributed by atoms with Crippen LogP contribution in [-0.2, 0) is 5.54 Å². The number of carbonyl (C=O) groups is 1. The Balaban J connectivity index is 1.39. The number of anilines is 1. The minimum Gasteiger partial charge on any atom is -0.497 e. The van der Waals surface area contributed by atoms with E-state index in [-0.39, 0.29) is 11.4 Å². The fourth-order valence-electron chi connectivity index (χ4n) is 5.02. The van der Waals surface area contributed by atoms with Crippen LogP contribution in [0.3, 0.4) is 0 Å². The summed E-state index contributed by atoms with van der Waals surface area (Å²) in [5, 5.41) is 3.83. The van der Waals surface area contributed by atoms with Gasteiger partial charge in [-0.2, -0.15) is 0 Å². The molecule has 0 saturated carbocycles. The van der Waals surface area contributed by atoms with Crippen molar-refractivity contribution in [3.05, 3.63) is 72.1 Å². The first-order chi connectivity index (χ1) is 15.6. The lowest BCUT2D eigenvalue weighted by atomic mass is 9.84. The van der Waals surface area contributed by atoms with E-state index in [0.717, 1.165) is 48.7 Å². The average molecular weight is 432 g/mol. The molecule has 5 rings (SSSR count). The molecular weight excluding hydrogens is 402 g/mol. The SMILES string of the molecule is CCOc1ccc(C(=O)N2CCCC3(CC2)Nc2cc(OC)ccc2-n2cccc23)cc1. The summed E-state index contributed by atoms with van der Waals surface area (Å²) in [7, 11) is 1.69. The van der Waals surface area contributed by atoms with Crippen molar-refractivity contribution in [2.75, 3.05) is 32.1 Å². The van der Waals surface area contributed by atoms with Gasteiger partial charge in [0.05, 0.1) is 30.6 Å². The van der Waals surface area contributed by atoms with Crippen molar-refractivity contribution in [1.29, 1.82) is 0 Å². The third-order valence-electron chi connectivity index (χ3n) is 6.62. The van der Waals surface area contributed by atoms with Crippen LogP contribution in [-0.4, -0.2) is 42.2 Å². The van der Waals surface area contributed by atoms with Gasteiger partial charge < -0.3 is 24.3 Å². The quantitative estimate of drug-likeness (QED) is 0.643. The number of benzene rings is 2. The molecule has 2 aliphatic heterocycles. The Labute approximate surface area is 188 Å². The van der Waals surface area contributed by atoms with Crippen LogP contribution in [0.25, 0.3) is 5.69 Å². The number of amides is 1. The fraction of sp³-hybridized carbons (Fsp3) is 0.346. The van der Waals surface area contributed by atoms with Crippen LogP contribution in [0.5, 0.6) is 11.5 Å². The molecule has 2 aromatic carbocycles. The van der Waals surface area contributed by atoms with E-state index >= 15 is 0 Å². The number of carbonyl (C=O) groups excluding carboxylic acids is 1. The van der Waals surface area contributed by atoms with E-state index in [9.17, 15) is 4.79 Å². The molecule has 1 spiro atoms. The van der Waals surface area contributed by atoms with Gasteiger partial charge in [-0.05, 0) is 74.7 Å². The van der Waals surface area contributed by atoms with Crippen LogP contribution < -0.4 is 14.8 Å². The molecule has 166 valence electrons. The molecule has 1 atom stereocenters. The summed E-state index contributed by atoms with van der Waals surface area (Å²) < 4.78 is 13.2. The van der Waals surface area contributed by atoms with E-state index in [1.54, 1.807) is 7.11 Å². The Morgan fingerprint density at radius 1 is 1.06 bits per heavy atom. The lowest BCUT2D eigenvalue weighted by molar-refractivity contribution is 0.0759. The molecule has 1 saturated heterocycles. The highest BCUT2D eigenvalue weighted by atomic mass is 16.5. The first-order valence-corrected chi connectivity index (χ1v) is 11.3. The zero-order chi connectivity index (χ0) is 22.1. The van der Waals surface area contributed by atoms with Gasteiger partial charge in [0, 0.05) is 36.6 Å². The summed E-state index contributed by atoms with van der Waals surface area (Å²) in [4.78, 5) is 15.2. The van der Waals surface area contributed by atoms with E-state index < -0.39 is 0 Å². The average Bonchev–Trinajstić information content (AvgIpc) is 3.23. The Hall–Kier alpha value is -3.41. The van der Waals surface area contributed by atoms with Crippen LogP contribution in [0.15, 0.2) is 60.8 Å². The number of aromatic nitrogens is 1. The predicted molar refractivity (Wildman–Crippen MR) is 125 cm³/mol. The molecule has 6 heteroatoms. The van der Waals surface area contributed by atoms with Gasteiger partial charge in [0.1, 0.15) is 11.5 Å². The van der Waals surface area contributed by atoms with Gasteiger partial charge in [-0.1, -0.05) is 0 Å². The maximum absolute atomic E-state index is 13.2. The van der Waals surface area contributed by atoms with Crippen LogP contribution >= 0.6 is 0 Å². The van der Waals surface area contributed by atoms with Crippen LogP contribution in [0.4, 0.5) is 5.69 Å². The summed E-state index contributed by atoms with van der Waals surface area (Å²) in [5.41, 5.74) is 3.95. The van der Waals surface area contributed by atoms with E-state index in [0.29, 0.717) is 18.7 Å². The molecule has 0 bridgehead atoms. The van der Waals surface area contributed by atoms with E-state index in [1.807, 2.05) is 42.2 Å². The molecule has 1 fully saturated rings. The molecule has 0 radical (unpaired) electrons. The molecule has 1 aromatic heterocycles. The van der Waals surface area contributed by atoms with Crippen molar-refractivity contribution in [3.8, 4) is 17.2 Å². The standard InChI is InChI=1S/C26H29N3O3/c1-3-32-20-9-7-19(8-10-20)25(30)28-15-5-13-26(14-17-28)24-6-4-16-29(24)23-12-11-21(31-2)18-22(23)27-26/h4,6-12,16,18,27H,3,5,13-15,17H2,1-2H3. The minimum absolute atomic E-state index is 0.0818. The molecule has 32 heavy (non-hydrogen) atoms. The molecule has 1 amide bonds. The second-order valence-electron chi connectivity index (χ2n) is 8.46. The zero-order valence-electron chi connectivity index (χ0n) is 18.6. The Bertz CT molecular complexity index is 1120. The third-order valence-corrected chi connectivity index (χ3v) is 6.62. The zero-order valence-corrected chi connectivity index (χ0v) is 18.6. The van der Waals surface area contributed by atoms with Gasteiger partial charge >= 0.3 is 0 Å². The number of fused-ring (bicyclic) bond motifs is 4. The number of ether oxygens (including phenoxy) is 2. The number of nitrogens with one attached hydrogen (secondary N) is 1. The minimum atomic E-state index is -0.212. The first-order valence-electron chi connectivity index (χ1n) is 11.3. The molecule has 3 aromatic rings. The summed E-state index contributed by atoms with van der Waals surface area (Å²) in [6.45, 7) is 4.02. The number of hydrogen-bond acceptors (Lipinski definition) is 4. The van der Waals surface area contributed by atoms with E-state index in [1.165, 1.54) is 5.69 Å². The number of nitrogens with zero attached hydrogens (tertiary/aromatic N) is 2. The van der Waals surface area contributed by atoms with Crippen molar-refractivity contribution < 1.29 is 14.3 Å². The highest BCUT2D eigenvalue weighted by molar-refractivity contribution is 5.94. The normalized spacial score (nSPS) is 19.5. The monoisotopic (exact) mass is 431 g/mol. The van der Waals surface area contributed by atoms with Crippen molar-refractivity contribution in [3.63, 3.8) is 0 Å². The highest BCUT2D eigenvalue weighted by Gasteiger charge is 2.40. The summed E-state index contributed by atoms with van der Waals surface area (Å²) in [6.07, 6.45) is 4.86. The maximum atomic E-state index is 13.2. The summed E-state index contributed by atoms with van der Waals surface area (Å²) in [6, 6.07) is 17.9. The lowest BCUT2D eigenvalue weighted by Crippen LogP contribution is -2.41. The van der Waals surface area contributed by atoms with Crippen LogP contribution in [0.1, 0.15) is 42.2 Å². The number of methoxy groups -OCH3 is 1. The largest absolute Gasteiger partial charge is 0.497 e. The van der Waals surface area contributed by atoms with E-state index in [2.05, 4.69) is 40.3 Å². The van der Waals surface area contributed by atoms with Crippen LogP contribution in [0.2, 0.25) is 0 Å². The molecule has 3 heterocycles. The summed E-state index contributed by atoms with van der Waals surface area (Å²) >= 11 is 0. The molecule has 0 aliphatic carbocycles. The van der Waals surface area contributed by atoms with Gasteiger partial charge in [0.25, 0.3) is 5.91 Å². The second kappa shape index (κ2) is 8.26. The van der Waals surface area contributed by atoms with Gasteiger partial charge in [0.2, 0.25) is 0 Å². The number of likely N-dealkylation sites (tertiary alicyclic amines) is 1. The van der Waals surface area contributed by atoms with E-state index in [4.69, 9.17) is 9.47 Å². The Morgan fingerprint density at radius 2 is 1.88 bits per heavy atom. The fourth-order valence-corrected chi connectivity index (χ4v) is 5.02. The molecule has 2 aliphatic rings. The smallest absolute Gasteiger partial charge is 0.253 e. The van der Waals surface area contributed by atoms with Crippen molar-refractivity contribution in [2.24, 2.45) is 0 Å². The van der Waals surface area contributed by atoms with Gasteiger partial charge in [-0.3, -0.25) is 4.79 Å². The molecule has 6 nitrogen and oxygen atoms in total. The Kier molecular flexibility index (Phi) is 5.29. The molecular formula is C26H29N3O3. The van der Waals surface area contributed by atoms with Crippen molar-refractivity contribution >= 4 is 11.6 Å². The number of rotatable bonds is 4. The first kappa shape index (κ1) is 20.5. The van der Waals surface area contributed by atoms with Crippen molar-refractivity contribution in [2.45, 2.75) is 31.7 Å². The Morgan fingerprint density at radius 3 is 2.66 bits per heavy atom. The lowest BCUT2D eigenvalue weighted by Gasteiger charge is -2.40. The second-order valence-corrected chi connectivity index (χ2v) is 8.46. The molecule has 1 N–H and O–H groups in total. The molecule has 1 unspecified atom stereocenters. The topological polar surface area (TPSA) is 55.7 Å². The van der Waals surface area contributed by atoms with Crippen LogP contribution in [0, 0.1) is 0 Å². The summed E-state index contributed by atoms with van der Waals surface area (Å²) in [5.74, 6) is 1.71. The van der Waals surface area contributed by atoms with Gasteiger partial charge in [-0.15, -0.1) is 0 Å². The maximum Gasteiger partial charge on any atom is 0.253 e. The highest BCUT2D eigenvalue weighted by Crippen LogP contribution is 2.44. The number of hydrogen-bond donors (Lipinski definition) is 1. The van der Waals surface area contributed by atoms with Gasteiger partial charge in [-0.25, -0.2) is 0 Å². The third kappa shape index (κ3) is 3.49.